The molecule has 2 aromatic rings. The molecule has 0 bridgehead atoms. The third kappa shape index (κ3) is 3.68. The molecule has 1 aromatic heterocycles. The molecular formula is C17H18ClN3O2. The third-order valence-electron chi connectivity index (χ3n) is 4.10. The van der Waals surface area contributed by atoms with Crippen LogP contribution in [0.3, 0.4) is 0 Å². The van der Waals surface area contributed by atoms with E-state index in [1.807, 2.05) is 24.3 Å². The normalized spacial score (nSPS) is 18.0. The summed E-state index contributed by atoms with van der Waals surface area (Å²) in [6.45, 7) is 0.825. The van der Waals surface area contributed by atoms with Crippen molar-refractivity contribution in [3.63, 3.8) is 0 Å². The standard InChI is InChI=1S/C17H18ClN3O2/c18-14-5-1-3-12(7-14)15-8-19-9-16(20-15)13-4-2-6-21(10-13)17(23)11-22/h1,3,5,7-9,13,22H,2,4,6,10-11H2/t13-/m0/s1. The maximum atomic E-state index is 11.7. The zero-order valence-electron chi connectivity index (χ0n) is 12.7. The van der Waals surface area contributed by atoms with Gasteiger partial charge in [-0.05, 0) is 25.0 Å². The molecule has 1 aliphatic rings. The second kappa shape index (κ2) is 7.06. The largest absolute Gasteiger partial charge is 0.387 e. The number of carbonyl (C=O) groups is 1. The van der Waals surface area contributed by atoms with E-state index in [0.29, 0.717) is 18.1 Å². The van der Waals surface area contributed by atoms with Crippen LogP contribution in [0.1, 0.15) is 24.5 Å². The van der Waals surface area contributed by atoms with E-state index >= 15 is 0 Å². The summed E-state index contributed by atoms with van der Waals surface area (Å²) in [5.41, 5.74) is 2.57. The van der Waals surface area contributed by atoms with E-state index < -0.39 is 6.61 Å². The number of carbonyl (C=O) groups excluding carboxylic acids is 1. The van der Waals surface area contributed by atoms with Crippen molar-refractivity contribution in [2.24, 2.45) is 0 Å². The molecule has 2 heterocycles. The second-order valence-corrected chi connectivity index (χ2v) is 6.11. The van der Waals surface area contributed by atoms with Gasteiger partial charge < -0.3 is 10.0 Å². The first kappa shape index (κ1) is 15.9. The van der Waals surface area contributed by atoms with E-state index in [-0.39, 0.29) is 11.8 Å². The lowest BCUT2D eigenvalue weighted by Crippen LogP contribution is -2.40. The summed E-state index contributed by atoms with van der Waals surface area (Å²) in [5, 5.41) is 9.69. The van der Waals surface area contributed by atoms with Crippen LogP contribution in [0.2, 0.25) is 5.02 Å². The lowest BCUT2D eigenvalue weighted by atomic mass is 9.94. The van der Waals surface area contributed by atoms with E-state index in [0.717, 1.165) is 29.8 Å². The first-order valence-electron chi connectivity index (χ1n) is 7.64. The van der Waals surface area contributed by atoms with Crippen LogP contribution in [-0.4, -0.2) is 45.6 Å². The molecule has 0 radical (unpaired) electrons. The van der Waals surface area contributed by atoms with Crippen LogP contribution in [0.15, 0.2) is 36.7 Å². The molecule has 23 heavy (non-hydrogen) atoms. The minimum absolute atomic E-state index is 0.144. The third-order valence-corrected chi connectivity index (χ3v) is 4.34. The lowest BCUT2D eigenvalue weighted by Gasteiger charge is -2.32. The molecule has 1 fully saturated rings. The van der Waals surface area contributed by atoms with Gasteiger partial charge in [0.15, 0.2) is 0 Å². The molecule has 0 unspecified atom stereocenters. The average molecular weight is 332 g/mol. The highest BCUT2D eigenvalue weighted by atomic mass is 35.5. The average Bonchev–Trinajstić information content (AvgIpc) is 2.61. The molecule has 6 heteroatoms. The number of aliphatic hydroxyl groups excluding tert-OH is 1. The van der Waals surface area contributed by atoms with Crippen LogP contribution < -0.4 is 0 Å². The predicted molar refractivity (Wildman–Crippen MR) is 88.1 cm³/mol. The van der Waals surface area contributed by atoms with Gasteiger partial charge in [0.1, 0.15) is 6.61 Å². The quantitative estimate of drug-likeness (QED) is 0.938. The van der Waals surface area contributed by atoms with Crippen molar-refractivity contribution in [3.8, 4) is 11.3 Å². The van der Waals surface area contributed by atoms with Crippen LogP contribution in [0.4, 0.5) is 0 Å². The molecule has 0 aliphatic carbocycles. The number of aliphatic hydroxyl groups is 1. The fraction of sp³-hybridized carbons (Fsp3) is 0.353. The SMILES string of the molecule is O=C(CO)N1CCC[C@H](c2cncc(-c3cccc(Cl)c3)n2)C1. The summed E-state index contributed by atoms with van der Waals surface area (Å²) in [7, 11) is 0. The maximum absolute atomic E-state index is 11.7. The highest BCUT2D eigenvalue weighted by Crippen LogP contribution is 2.27. The molecule has 3 rings (SSSR count). The molecule has 5 nitrogen and oxygen atoms in total. The minimum Gasteiger partial charge on any atom is -0.387 e. The number of nitrogens with zero attached hydrogens (tertiary/aromatic N) is 3. The molecule has 1 atom stereocenters. The van der Waals surface area contributed by atoms with Gasteiger partial charge in [0.2, 0.25) is 5.91 Å². The monoisotopic (exact) mass is 331 g/mol. The van der Waals surface area contributed by atoms with Crippen molar-refractivity contribution in [3.05, 3.63) is 47.4 Å². The zero-order chi connectivity index (χ0) is 16.2. The molecule has 1 saturated heterocycles. The van der Waals surface area contributed by atoms with E-state index in [1.54, 1.807) is 17.3 Å². The van der Waals surface area contributed by atoms with E-state index in [4.69, 9.17) is 21.7 Å². The molecular weight excluding hydrogens is 314 g/mol. The number of hydrogen-bond acceptors (Lipinski definition) is 4. The van der Waals surface area contributed by atoms with E-state index in [1.165, 1.54) is 0 Å². The number of halogens is 1. The Morgan fingerprint density at radius 1 is 1.39 bits per heavy atom. The molecule has 1 N–H and O–H groups in total. The zero-order valence-corrected chi connectivity index (χ0v) is 13.4. The van der Waals surface area contributed by atoms with Crippen molar-refractivity contribution >= 4 is 17.5 Å². The Morgan fingerprint density at radius 2 is 2.26 bits per heavy atom. The van der Waals surface area contributed by atoms with Gasteiger partial charge in [0.25, 0.3) is 0 Å². The van der Waals surface area contributed by atoms with Crippen molar-refractivity contribution in [2.75, 3.05) is 19.7 Å². The van der Waals surface area contributed by atoms with Gasteiger partial charge in [-0.15, -0.1) is 0 Å². The van der Waals surface area contributed by atoms with Crippen LogP contribution >= 0.6 is 11.6 Å². The highest BCUT2D eigenvalue weighted by molar-refractivity contribution is 6.30. The van der Waals surface area contributed by atoms with Crippen molar-refractivity contribution < 1.29 is 9.90 Å². The second-order valence-electron chi connectivity index (χ2n) is 5.68. The lowest BCUT2D eigenvalue weighted by molar-refractivity contribution is -0.135. The predicted octanol–water partition coefficient (Wildman–Crippen LogP) is 2.50. The van der Waals surface area contributed by atoms with Crippen LogP contribution in [0.25, 0.3) is 11.3 Å². The van der Waals surface area contributed by atoms with Gasteiger partial charge in [-0.1, -0.05) is 23.7 Å². The summed E-state index contributed by atoms with van der Waals surface area (Å²) in [6.07, 6.45) is 5.34. The van der Waals surface area contributed by atoms with Crippen LogP contribution in [0, 0.1) is 0 Å². The summed E-state index contributed by atoms with van der Waals surface area (Å²) in [5.74, 6) is -0.0838. The Bertz CT molecular complexity index is 708. The number of piperidine rings is 1. The molecule has 1 aromatic carbocycles. The smallest absolute Gasteiger partial charge is 0.248 e. The molecule has 120 valence electrons. The number of likely N-dealkylation sites (tertiary alicyclic amines) is 1. The summed E-state index contributed by atoms with van der Waals surface area (Å²) in [6, 6.07) is 7.51. The Balaban J connectivity index is 1.83. The summed E-state index contributed by atoms with van der Waals surface area (Å²) >= 11 is 6.04. The fourth-order valence-electron chi connectivity index (χ4n) is 2.91. The summed E-state index contributed by atoms with van der Waals surface area (Å²) in [4.78, 5) is 22.4. The van der Waals surface area contributed by atoms with E-state index in [9.17, 15) is 4.79 Å². The van der Waals surface area contributed by atoms with Gasteiger partial charge in [-0.2, -0.15) is 0 Å². The Labute approximate surface area is 139 Å². The van der Waals surface area contributed by atoms with Crippen molar-refractivity contribution in [2.45, 2.75) is 18.8 Å². The van der Waals surface area contributed by atoms with Gasteiger partial charge in [0, 0.05) is 35.8 Å². The van der Waals surface area contributed by atoms with Crippen LogP contribution in [-0.2, 0) is 4.79 Å². The number of benzene rings is 1. The fourth-order valence-corrected chi connectivity index (χ4v) is 3.10. The van der Waals surface area contributed by atoms with Crippen molar-refractivity contribution in [1.82, 2.24) is 14.9 Å². The number of amides is 1. The van der Waals surface area contributed by atoms with Gasteiger partial charge in [0.05, 0.1) is 17.6 Å². The van der Waals surface area contributed by atoms with Crippen molar-refractivity contribution in [1.29, 1.82) is 0 Å². The molecule has 0 saturated carbocycles. The number of rotatable bonds is 3. The molecule has 1 aliphatic heterocycles. The highest BCUT2D eigenvalue weighted by Gasteiger charge is 2.25. The first-order valence-corrected chi connectivity index (χ1v) is 8.01. The minimum atomic E-state index is -0.443. The first-order chi connectivity index (χ1) is 11.2. The summed E-state index contributed by atoms with van der Waals surface area (Å²) < 4.78 is 0. The Kier molecular flexibility index (Phi) is 4.88. The molecule has 0 spiro atoms. The Morgan fingerprint density at radius 3 is 3.04 bits per heavy atom. The van der Waals surface area contributed by atoms with Crippen LogP contribution in [0.5, 0.6) is 0 Å². The number of aromatic nitrogens is 2. The topological polar surface area (TPSA) is 66.3 Å². The molecule has 1 amide bonds. The Hall–Kier alpha value is -1.98. The van der Waals surface area contributed by atoms with E-state index in [2.05, 4.69) is 4.98 Å². The maximum Gasteiger partial charge on any atom is 0.248 e. The van der Waals surface area contributed by atoms with Gasteiger partial charge >= 0.3 is 0 Å². The number of hydrogen-bond donors (Lipinski definition) is 1. The van der Waals surface area contributed by atoms with Gasteiger partial charge in [-0.3, -0.25) is 9.78 Å². The van der Waals surface area contributed by atoms with Gasteiger partial charge in [-0.25, -0.2) is 4.98 Å².